The van der Waals surface area contributed by atoms with Crippen LogP contribution in [0.2, 0.25) is 0 Å². The van der Waals surface area contributed by atoms with Crippen molar-refractivity contribution in [2.75, 3.05) is 10.6 Å². The lowest BCUT2D eigenvalue weighted by atomic mass is 10.0. The Balaban J connectivity index is 1.44. The quantitative estimate of drug-likeness (QED) is 0.511. The van der Waals surface area contributed by atoms with Crippen LogP contribution in [0, 0.1) is 11.7 Å². The zero-order valence-electron chi connectivity index (χ0n) is 16.6. The molecule has 6 heteroatoms. The van der Waals surface area contributed by atoms with Gasteiger partial charge in [0.25, 0.3) is 0 Å². The zero-order valence-corrected chi connectivity index (χ0v) is 16.6. The van der Waals surface area contributed by atoms with E-state index in [1.165, 1.54) is 24.3 Å². The molecule has 5 nitrogen and oxygen atoms in total. The first kappa shape index (κ1) is 21.0. The number of halogens is 1. The Morgan fingerprint density at radius 1 is 0.767 bits per heavy atom. The predicted molar refractivity (Wildman–Crippen MR) is 115 cm³/mol. The van der Waals surface area contributed by atoms with Gasteiger partial charge < -0.3 is 15.4 Å². The molecular weight excluding hydrogens is 383 g/mol. The minimum absolute atomic E-state index is 0.147. The number of amides is 2. The molecule has 0 aliphatic heterocycles. The second-order valence-corrected chi connectivity index (χ2v) is 7.06. The average molecular weight is 406 g/mol. The topological polar surface area (TPSA) is 67.4 Å². The monoisotopic (exact) mass is 406 g/mol. The summed E-state index contributed by atoms with van der Waals surface area (Å²) in [6.07, 6.45) is 0.397. The molecule has 0 aromatic heterocycles. The maximum Gasteiger partial charge on any atom is 0.224 e. The molecule has 0 fully saturated rings. The third-order valence-corrected chi connectivity index (χ3v) is 4.31. The highest BCUT2D eigenvalue weighted by molar-refractivity contribution is 5.93. The van der Waals surface area contributed by atoms with Crippen molar-refractivity contribution < 1.29 is 18.7 Å². The molecule has 1 unspecified atom stereocenters. The fraction of sp³-hybridized carbons (Fsp3) is 0.167. The summed E-state index contributed by atoms with van der Waals surface area (Å²) in [6, 6.07) is 22.1. The van der Waals surface area contributed by atoms with Crippen LogP contribution in [-0.4, -0.2) is 11.8 Å². The number of para-hydroxylation sites is 1. The Morgan fingerprint density at radius 3 is 1.77 bits per heavy atom. The SMILES string of the molecule is CC(CC(=O)Nc1ccc(F)cc1)CC(=O)Nc1ccc(Oc2ccccc2)cc1. The van der Waals surface area contributed by atoms with Crippen LogP contribution in [0.4, 0.5) is 15.8 Å². The van der Waals surface area contributed by atoms with Gasteiger partial charge in [-0.25, -0.2) is 4.39 Å². The van der Waals surface area contributed by atoms with E-state index >= 15 is 0 Å². The van der Waals surface area contributed by atoms with E-state index in [1.54, 1.807) is 24.3 Å². The standard InChI is InChI=1S/C24H23FN2O3/c1-17(15-23(28)26-19-9-7-18(25)8-10-19)16-24(29)27-20-11-13-22(14-12-20)30-21-5-3-2-4-6-21/h2-14,17H,15-16H2,1H3,(H,26,28)(H,27,29). The van der Waals surface area contributed by atoms with Gasteiger partial charge in [-0.3, -0.25) is 9.59 Å². The molecule has 2 N–H and O–H groups in total. The molecule has 30 heavy (non-hydrogen) atoms. The number of hydrogen-bond donors (Lipinski definition) is 2. The summed E-state index contributed by atoms with van der Waals surface area (Å²) in [7, 11) is 0. The molecule has 0 aliphatic rings. The Kier molecular flexibility index (Phi) is 7.16. The zero-order chi connectivity index (χ0) is 21.3. The molecule has 3 aromatic carbocycles. The first-order valence-corrected chi connectivity index (χ1v) is 9.66. The van der Waals surface area contributed by atoms with Gasteiger partial charge in [0, 0.05) is 24.2 Å². The summed E-state index contributed by atoms with van der Waals surface area (Å²) in [4.78, 5) is 24.3. The van der Waals surface area contributed by atoms with Crippen LogP contribution in [0.15, 0.2) is 78.9 Å². The number of carbonyl (C=O) groups excluding carboxylic acids is 2. The molecule has 3 rings (SSSR count). The molecule has 3 aromatic rings. The molecule has 0 heterocycles. The minimum atomic E-state index is -0.363. The van der Waals surface area contributed by atoms with Crippen LogP contribution in [0.25, 0.3) is 0 Å². The summed E-state index contributed by atoms with van der Waals surface area (Å²) < 4.78 is 18.6. The Hall–Kier alpha value is -3.67. The number of benzene rings is 3. The first-order chi connectivity index (χ1) is 14.5. The van der Waals surface area contributed by atoms with Crippen molar-refractivity contribution in [2.24, 2.45) is 5.92 Å². The molecule has 0 bridgehead atoms. The molecule has 0 aliphatic carbocycles. The van der Waals surface area contributed by atoms with Gasteiger partial charge in [0.05, 0.1) is 0 Å². The van der Waals surface area contributed by atoms with E-state index in [9.17, 15) is 14.0 Å². The molecule has 0 spiro atoms. The smallest absolute Gasteiger partial charge is 0.224 e. The van der Waals surface area contributed by atoms with Gasteiger partial charge in [0.2, 0.25) is 11.8 Å². The summed E-state index contributed by atoms with van der Waals surface area (Å²) in [5.74, 6) is 0.508. The number of carbonyl (C=O) groups is 2. The summed E-state index contributed by atoms with van der Waals surface area (Å²) in [5, 5.41) is 5.52. The second-order valence-electron chi connectivity index (χ2n) is 7.06. The van der Waals surface area contributed by atoms with E-state index in [2.05, 4.69) is 10.6 Å². The van der Waals surface area contributed by atoms with Gasteiger partial charge in [0.15, 0.2) is 0 Å². The molecule has 0 saturated carbocycles. The molecule has 154 valence electrons. The van der Waals surface area contributed by atoms with E-state index in [4.69, 9.17) is 4.74 Å². The highest BCUT2D eigenvalue weighted by atomic mass is 19.1. The van der Waals surface area contributed by atoms with E-state index in [0.29, 0.717) is 17.1 Å². The lowest BCUT2D eigenvalue weighted by Gasteiger charge is -2.12. The number of nitrogens with one attached hydrogen (secondary N) is 2. The Morgan fingerprint density at radius 2 is 1.23 bits per heavy atom. The third-order valence-electron chi connectivity index (χ3n) is 4.31. The average Bonchev–Trinajstić information content (AvgIpc) is 2.71. The van der Waals surface area contributed by atoms with Crippen molar-refractivity contribution in [1.29, 1.82) is 0 Å². The van der Waals surface area contributed by atoms with Crippen LogP contribution in [0.3, 0.4) is 0 Å². The Labute approximate surface area is 174 Å². The van der Waals surface area contributed by atoms with Crippen molar-refractivity contribution in [1.82, 2.24) is 0 Å². The van der Waals surface area contributed by atoms with Gasteiger partial charge in [-0.1, -0.05) is 25.1 Å². The van der Waals surface area contributed by atoms with E-state index in [0.717, 1.165) is 5.75 Å². The largest absolute Gasteiger partial charge is 0.457 e. The number of hydrogen-bond acceptors (Lipinski definition) is 3. The molecule has 0 saturated heterocycles. The lowest BCUT2D eigenvalue weighted by Crippen LogP contribution is -2.20. The van der Waals surface area contributed by atoms with Gasteiger partial charge >= 0.3 is 0 Å². The van der Waals surface area contributed by atoms with E-state index in [1.807, 2.05) is 37.3 Å². The van der Waals surface area contributed by atoms with Gasteiger partial charge in [-0.2, -0.15) is 0 Å². The van der Waals surface area contributed by atoms with E-state index in [-0.39, 0.29) is 36.4 Å². The summed E-state index contributed by atoms with van der Waals surface area (Å²) in [6.45, 7) is 1.83. The molecular formula is C24H23FN2O3. The second kappa shape index (κ2) is 10.2. The highest BCUT2D eigenvalue weighted by Gasteiger charge is 2.14. The lowest BCUT2D eigenvalue weighted by molar-refractivity contribution is -0.118. The van der Waals surface area contributed by atoms with Crippen molar-refractivity contribution in [3.63, 3.8) is 0 Å². The van der Waals surface area contributed by atoms with Crippen LogP contribution in [-0.2, 0) is 9.59 Å². The van der Waals surface area contributed by atoms with Crippen molar-refractivity contribution >= 4 is 23.2 Å². The van der Waals surface area contributed by atoms with Crippen LogP contribution in [0.5, 0.6) is 11.5 Å². The highest BCUT2D eigenvalue weighted by Crippen LogP contribution is 2.23. The van der Waals surface area contributed by atoms with E-state index < -0.39 is 0 Å². The fourth-order valence-corrected chi connectivity index (χ4v) is 2.89. The molecule has 0 radical (unpaired) electrons. The van der Waals surface area contributed by atoms with Gasteiger partial charge in [0.1, 0.15) is 17.3 Å². The van der Waals surface area contributed by atoms with Crippen molar-refractivity contribution in [3.8, 4) is 11.5 Å². The van der Waals surface area contributed by atoms with Crippen molar-refractivity contribution in [2.45, 2.75) is 19.8 Å². The number of ether oxygens (including phenoxy) is 1. The number of anilines is 2. The van der Waals surface area contributed by atoms with Crippen molar-refractivity contribution in [3.05, 3.63) is 84.7 Å². The normalized spacial score (nSPS) is 11.4. The molecule has 1 atom stereocenters. The minimum Gasteiger partial charge on any atom is -0.457 e. The molecule has 2 amide bonds. The van der Waals surface area contributed by atoms with Gasteiger partial charge in [-0.05, 0) is 66.6 Å². The fourth-order valence-electron chi connectivity index (χ4n) is 2.89. The van der Waals surface area contributed by atoms with Crippen LogP contribution < -0.4 is 15.4 Å². The Bertz CT molecular complexity index is 974. The van der Waals surface area contributed by atoms with Crippen LogP contribution >= 0.6 is 0 Å². The number of rotatable bonds is 8. The van der Waals surface area contributed by atoms with Gasteiger partial charge in [-0.15, -0.1) is 0 Å². The van der Waals surface area contributed by atoms with Crippen LogP contribution in [0.1, 0.15) is 19.8 Å². The summed E-state index contributed by atoms with van der Waals surface area (Å²) in [5.41, 5.74) is 1.18. The maximum absolute atomic E-state index is 12.9. The summed E-state index contributed by atoms with van der Waals surface area (Å²) >= 11 is 0. The maximum atomic E-state index is 12.9. The predicted octanol–water partition coefficient (Wildman–Crippen LogP) is 5.61. The first-order valence-electron chi connectivity index (χ1n) is 9.66. The third kappa shape index (κ3) is 6.74.